The molecule has 2 aromatic heterocycles. The van der Waals surface area contributed by atoms with E-state index in [4.69, 9.17) is 21.3 Å². The molecule has 0 aliphatic rings. The van der Waals surface area contributed by atoms with Gasteiger partial charge in [0.2, 0.25) is 0 Å². The Bertz CT molecular complexity index is 1200. The zero-order valence-corrected chi connectivity index (χ0v) is 16.5. The fraction of sp³-hybridized carbons (Fsp3) is 0.136. The van der Waals surface area contributed by atoms with Crippen LogP contribution in [0.2, 0.25) is 5.02 Å². The van der Waals surface area contributed by atoms with E-state index < -0.39 is 0 Å². The van der Waals surface area contributed by atoms with Gasteiger partial charge in [0, 0.05) is 58.5 Å². The van der Waals surface area contributed by atoms with Crippen molar-refractivity contribution in [2.45, 2.75) is 0 Å². The summed E-state index contributed by atoms with van der Waals surface area (Å²) in [5, 5.41) is 9.61. The minimum Gasteiger partial charge on any atom is -0.383 e. The number of pyridine rings is 2. The van der Waals surface area contributed by atoms with Crippen molar-refractivity contribution in [3.05, 3.63) is 71.5 Å². The number of carbonyl (C=O) groups is 1. The SMILES string of the molecule is COCCNC(=O)c1ccc2c(c1)nc(Nc1cccc(Cl)c1)c1ccncc12. The third kappa shape index (κ3) is 4.13. The first-order valence-corrected chi connectivity index (χ1v) is 9.51. The Balaban J connectivity index is 1.78. The smallest absolute Gasteiger partial charge is 0.251 e. The number of hydrogen-bond acceptors (Lipinski definition) is 5. The van der Waals surface area contributed by atoms with Crippen molar-refractivity contribution in [2.24, 2.45) is 0 Å². The Hall–Kier alpha value is -3.22. The van der Waals surface area contributed by atoms with Gasteiger partial charge in [0.15, 0.2) is 0 Å². The molecule has 1 amide bonds. The van der Waals surface area contributed by atoms with Crippen LogP contribution in [0.4, 0.5) is 11.5 Å². The molecule has 0 saturated heterocycles. The van der Waals surface area contributed by atoms with Crippen molar-refractivity contribution in [1.82, 2.24) is 15.3 Å². The first-order valence-electron chi connectivity index (χ1n) is 9.13. The van der Waals surface area contributed by atoms with Crippen LogP contribution in [0.25, 0.3) is 21.7 Å². The number of fused-ring (bicyclic) bond motifs is 3. The number of ether oxygens (including phenoxy) is 1. The number of benzene rings is 2. The molecular formula is C22H19ClN4O2. The molecule has 146 valence electrons. The molecule has 2 aromatic carbocycles. The van der Waals surface area contributed by atoms with Gasteiger partial charge in [0.1, 0.15) is 5.82 Å². The number of nitrogens with zero attached hydrogens (tertiary/aromatic N) is 2. The van der Waals surface area contributed by atoms with E-state index in [0.717, 1.165) is 21.8 Å². The van der Waals surface area contributed by atoms with Crippen LogP contribution in [0, 0.1) is 0 Å². The van der Waals surface area contributed by atoms with Crippen LogP contribution in [-0.2, 0) is 4.74 Å². The molecule has 0 saturated carbocycles. The minimum atomic E-state index is -0.165. The van der Waals surface area contributed by atoms with E-state index in [1.54, 1.807) is 31.6 Å². The van der Waals surface area contributed by atoms with E-state index >= 15 is 0 Å². The highest BCUT2D eigenvalue weighted by Crippen LogP contribution is 2.31. The second kappa shape index (κ2) is 8.43. The van der Waals surface area contributed by atoms with Crippen LogP contribution in [0.1, 0.15) is 10.4 Å². The number of nitrogens with one attached hydrogen (secondary N) is 2. The topological polar surface area (TPSA) is 76.1 Å². The number of carbonyl (C=O) groups excluding carboxylic acids is 1. The number of rotatable bonds is 6. The number of aromatic nitrogens is 2. The van der Waals surface area contributed by atoms with Gasteiger partial charge >= 0.3 is 0 Å². The number of hydrogen-bond donors (Lipinski definition) is 2. The van der Waals surface area contributed by atoms with Crippen molar-refractivity contribution in [3.63, 3.8) is 0 Å². The Morgan fingerprint density at radius 2 is 2.00 bits per heavy atom. The Morgan fingerprint density at radius 1 is 1.10 bits per heavy atom. The third-order valence-electron chi connectivity index (χ3n) is 4.54. The van der Waals surface area contributed by atoms with Crippen LogP contribution in [0.15, 0.2) is 60.9 Å². The van der Waals surface area contributed by atoms with Gasteiger partial charge in [-0.05, 0) is 36.4 Å². The summed E-state index contributed by atoms with van der Waals surface area (Å²) < 4.78 is 4.98. The number of halogens is 1. The minimum absolute atomic E-state index is 0.165. The predicted octanol–water partition coefficient (Wildman–Crippen LogP) is 4.56. The van der Waals surface area contributed by atoms with Gasteiger partial charge in [-0.1, -0.05) is 23.7 Å². The summed E-state index contributed by atoms with van der Waals surface area (Å²) in [4.78, 5) is 21.4. The average molecular weight is 407 g/mol. The molecule has 2 heterocycles. The molecule has 0 fully saturated rings. The summed E-state index contributed by atoms with van der Waals surface area (Å²) in [6, 6.07) is 14.8. The molecule has 6 nitrogen and oxygen atoms in total. The highest BCUT2D eigenvalue weighted by atomic mass is 35.5. The fourth-order valence-electron chi connectivity index (χ4n) is 3.16. The maximum Gasteiger partial charge on any atom is 0.251 e. The Kier molecular flexibility index (Phi) is 5.55. The van der Waals surface area contributed by atoms with Gasteiger partial charge < -0.3 is 15.4 Å². The molecule has 0 atom stereocenters. The molecule has 0 aliphatic carbocycles. The van der Waals surface area contributed by atoms with Gasteiger partial charge in [-0.2, -0.15) is 0 Å². The van der Waals surface area contributed by atoms with Crippen LogP contribution in [0.5, 0.6) is 0 Å². The molecule has 2 N–H and O–H groups in total. The van der Waals surface area contributed by atoms with Gasteiger partial charge in [-0.15, -0.1) is 0 Å². The lowest BCUT2D eigenvalue weighted by atomic mass is 10.1. The highest BCUT2D eigenvalue weighted by Gasteiger charge is 2.12. The summed E-state index contributed by atoms with van der Waals surface area (Å²) in [6.45, 7) is 0.908. The van der Waals surface area contributed by atoms with E-state index in [-0.39, 0.29) is 5.91 Å². The maximum absolute atomic E-state index is 12.4. The van der Waals surface area contributed by atoms with Crippen molar-refractivity contribution < 1.29 is 9.53 Å². The standard InChI is InChI=1S/C22H19ClN4O2/c1-29-10-9-25-22(28)14-5-6-17-19-13-24-8-7-18(19)21(27-20(17)11-14)26-16-4-2-3-15(23)12-16/h2-8,11-13H,9-10H2,1H3,(H,25,28)(H,26,27). The molecule has 4 aromatic rings. The van der Waals surface area contributed by atoms with E-state index in [2.05, 4.69) is 15.6 Å². The number of anilines is 2. The van der Waals surface area contributed by atoms with Crippen molar-refractivity contribution >= 4 is 50.7 Å². The van der Waals surface area contributed by atoms with E-state index in [1.165, 1.54) is 0 Å². The van der Waals surface area contributed by atoms with Gasteiger partial charge in [0.05, 0.1) is 12.1 Å². The van der Waals surface area contributed by atoms with E-state index in [0.29, 0.717) is 35.1 Å². The summed E-state index contributed by atoms with van der Waals surface area (Å²) in [5.41, 5.74) is 2.07. The molecule has 0 bridgehead atoms. The molecule has 0 unspecified atom stereocenters. The van der Waals surface area contributed by atoms with Crippen LogP contribution >= 0.6 is 11.6 Å². The Labute approximate surface area is 172 Å². The summed E-state index contributed by atoms with van der Waals surface area (Å²) in [6.07, 6.45) is 3.54. The molecule has 4 rings (SSSR count). The first kappa shape index (κ1) is 19.1. The second-order valence-electron chi connectivity index (χ2n) is 6.50. The van der Waals surface area contributed by atoms with Crippen molar-refractivity contribution in [2.75, 3.05) is 25.6 Å². The largest absolute Gasteiger partial charge is 0.383 e. The normalized spacial score (nSPS) is 11.0. The average Bonchev–Trinajstić information content (AvgIpc) is 2.73. The lowest BCUT2D eigenvalue weighted by Gasteiger charge is -2.12. The summed E-state index contributed by atoms with van der Waals surface area (Å²) in [7, 11) is 1.60. The fourth-order valence-corrected chi connectivity index (χ4v) is 3.35. The quantitative estimate of drug-likeness (QED) is 0.362. The van der Waals surface area contributed by atoms with Crippen molar-refractivity contribution in [1.29, 1.82) is 0 Å². The lowest BCUT2D eigenvalue weighted by molar-refractivity contribution is 0.0937. The highest BCUT2D eigenvalue weighted by molar-refractivity contribution is 6.30. The zero-order chi connectivity index (χ0) is 20.2. The maximum atomic E-state index is 12.4. The van der Waals surface area contributed by atoms with Crippen LogP contribution in [0.3, 0.4) is 0 Å². The van der Waals surface area contributed by atoms with Gasteiger partial charge in [-0.25, -0.2) is 4.98 Å². The second-order valence-corrected chi connectivity index (χ2v) is 6.93. The lowest BCUT2D eigenvalue weighted by Crippen LogP contribution is -2.26. The molecule has 0 spiro atoms. The van der Waals surface area contributed by atoms with Crippen LogP contribution in [-0.4, -0.2) is 36.1 Å². The molecule has 0 radical (unpaired) electrons. The molecule has 0 aliphatic heterocycles. The zero-order valence-electron chi connectivity index (χ0n) is 15.8. The first-order chi connectivity index (χ1) is 14.2. The van der Waals surface area contributed by atoms with Gasteiger partial charge in [0.25, 0.3) is 5.91 Å². The summed E-state index contributed by atoms with van der Waals surface area (Å²) in [5.74, 6) is 0.510. The number of methoxy groups -OCH3 is 1. The van der Waals surface area contributed by atoms with Crippen LogP contribution < -0.4 is 10.6 Å². The van der Waals surface area contributed by atoms with Gasteiger partial charge in [-0.3, -0.25) is 9.78 Å². The monoisotopic (exact) mass is 406 g/mol. The Morgan fingerprint density at radius 3 is 2.83 bits per heavy atom. The number of amides is 1. The van der Waals surface area contributed by atoms with E-state index in [1.807, 2.05) is 36.4 Å². The van der Waals surface area contributed by atoms with Crippen molar-refractivity contribution in [3.8, 4) is 0 Å². The third-order valence-corrected chi connectivity index (χ3v) is 4.77. The summed E-state index contributed by atoms with van der Waals surface area (Å²) >= 11 is 6.11. The predicted molar refractivity (Wildman–Crippen MR) is 116 cm³/mol. The van der Waals surface area contributed by atoms with E-state index in [9.17, 15) is 4.79 Å². The molecule has 7 heteroatoms. The molecule has 29 heavy (non-hydrogen) atoms. The molecular weight excluding hydrogens is 388 g/mol.